The molecule has 4 rings (SSSR count). The van der Waals surface area contributed by atoms with Crippen LogP contribution in [0.4, 0.5) is 15.8 Å². The lowest BCUT2D eigenvalue weighted by Crippen LogP contribution is -3.14. The van der Waals surface area contributed by atoms with Crippen LogP contribution in [0.25, 0.3) is 0 Å². The fourth-order valence-corrected chi connectivity index (χ4v) is 3.18. The molecule has 0 radical (unpaired) electrons. The number of anilines is 2. The van der Waals surface area contributed by atoms with E-state index in [1.165, 1.54) is 6.07 Å². The number of nitrogens with two attached hydrogens (primary N) is 1. The van der Waals surface area contributed by atoms with Gasteiger partial charge >= 0.3 is 23.5 Å². The van der Waals surface area contributed by atoms with Crippen molar-refractivity contribution in [3.63, 3.8) is 0 Å². The Morgan fingerprint density at radius 2 is 1.88 bits per heavy atom. The summed E-state index contributed by atoms with van der Waals surface area (Å²) in [5.41, 5.74) is 6.48. The van der Waals surface area contributed by atoms with E-state index < -0.39 is 11.5 Å². The van der Waals surface area contributed by atoms with Crippen LogP contribution in [0.2, 0.25) is 0 Å². The molecule has 0 aliphatic carbocycles. The summed E-state index contributed by atoms with van der Waals surface area (Å²) in [5.74, 6) is -0.151. The Hall–Kier alpha value is -3.42. The molecule has 0 bridgehead atoms. The molecule has 0 fully saturated rings. The number of hydrogen-bond acceptors (Lipinski definition) is 4. The average Bonchev–Trinajstić information content (AvgIpc) is 2.79. The second-order valence-corrected chi connectivity index (χ2v) is 5.90. The molecule has 2 aliphatic heterocycles. The van der Waals surface area contributed by atoms with Crippen LogP contribution in [0.1, 0.15) is 5.56 Å². The number of guanidine groups is 2. The smallest absolute Gasteiger partial charge is 0.308 e. The Bertz CT molecular complexity index is 940. The summed E-state index contributed by atoms with van der Waals surface area (Å²) in [6, 6.07) is 13.6. The highest BCUT2D eigenvalue weighted by molar-refractivity contribution is 6.07. The number of amides is 1. The summed E-state index contributed by atoms with van der Waals surface area (Å²) in [5, 5.41) is 5.75. The lowest BCUT2D eigenvalue weighted by molar-refractivity contribution is -0.789. The molecule has 2 heterocycles. The van der Waals surface area contributed by atoms with Crippen LogP contribution in [0, 0.1) is 5.82 Å². The van der Waals surface area contributed by atoms with Gasteiger partial charge in [-0.25, -0.2) is 19.7 Å². The summed E-state index contributed by atoms with van der Waals surface area (Å²) >= 11 is 0. The zero-order valence-corrected chi connectivity index (χ0v) is 13.4. The van der Waals surface area contributed by atoms with Crippen molar-refractivity contribution in [2.75, 3.05) is 17.3 Å². The zero-order chi connectivity index (χ0) is 17.6. The first kappa shape index (κ1) is 15.1. The van der Waals surface area contributed by atoms with Crippen molar-refractivity contribution >= 4 is 29.2 Å². The van der Waals surface area contributed by atoms with E-state index in [1.54, 1.807) is 30.1 Å². The second kappa shape index (κ2) is 5.30. The maximum absolute atomic E-state index is 13.9. The van der Waals surface area contributed by atoms with Gasteiger partial charge in [0.1, 0.15) is 5.69 Å². The van der Waals surface area contributed by atoms with Crippen LogP contribution >= 0.6 is 0 Å². The van der Waals surface area contributed by atoms with Crippen molar-refractivity contribution in [3.8, 4) is 0 Å². The Balaban J connectivity index is 1.82. The highest BCUT2D eigenvalue weighted by Crippen LogP contribution is 2.32. The van der Waals surface area contributed by atoms with Gasteiger partial charge in [0, 0.05) is 7.05 Å². The van der Waals surface area contributed by atoms with E-state index in [0.717, 1.165) is 11.3 Å². The molecule has 0 saturated heterocycles. The quantitative estimate of drug-likeness (QED) is 0.396. The largest absolute Gasteiger partial charge is 0.361 e. The molecule has 2 aromatic rings. The minimum absolute atomic E-state index is 0.177. The van der Waals surface area contributed by atoms with E-state index in [0.29, 0.717) is 5.96 Å². The molecule has 2 aliphatic rings. The van der Waals surface area contributed by atoms with Crippen molar-refractivity contribution in [2.45, 2.75) is 5.66 Å². The molecule has 2 aromatic carbocycles. The normalized spacial score (nSPS) is 21.5. The molecule has 0 saturated carbocycles. The predicted octanol–water partition coefficient (Wildman–Crippen LogP) is -2.50. The number of nitrogens with zero attached hydrogens (tertiary/aromatic N) is 1. The van der Waals surface area contributed by atoms with Gasteiger partial charge in [-0.1, -0.05) is 24.3 Å². The maximum Gasteiger partial charge on any atom is 0.361 e. The number of carbonyl (C=O) groups is 1. The standard InChI is InChI=1S/C17H15FN6O/c1-24-13-9-5-2-6-10(13)17(14(24)25)22-15(19)21-16(23-17)20-12-8-4-3-7-11(12)18/h2-9H,1H3,(H4,19,20,21,22,23)/p+2/t17-/m1/s1. The van der Waals surface area contributed by atoms with Crippen molar-refractivity contribution < 1.29 is 19.2 Å². The molecule has 0 unspecified atom stereocenters. The van der Waals surface area contributed by atoms with Crippen LogP contribution in [0.3, 0.4) is 0 Å². The van der Waals surface area contributed by atoms with E-state index in [4.69, 9.17) is 5.73 Å². The van der Waals surface area contributed by atoms with Gasteiger partial charge in [-0.05, 0) is 24.3 Å². The topological polar surface area (TPSA) is 98.3 Å². The van der Waals surface area contributed by atoms with Gasteiger partial charge in [-0.15, -0.1) is 0 Å². The summed E-state index contributed by atoms with van der Waals surface area (Å²) in [7, 11) is 1.70. The van der Waals surface area contributed by atoms with E-state index in [2.05, 4.69) is 20.6 Å². The molecule has 6 N–H and O–H groups in total. The Kier molecular flexibility index (Phi) is 3.21. The molecule has 1 atom stereocenters. The first-order valence-electron chi connectivity index (χ1n) is 7.73. The predicted molar refractivity (Wildman–Crippen MR) is 90.8 cm³/mol. The lowest BCUT2D eigenvalue weighted by atomic mass is 10.0. The molecule has 1 spiro atoms. The molecular weight excluding hydrogens is 323 g/mol. The van der Waals surface area contributed by atoms with Gasteiger partial charge in [0.2, 0.25) is 0 Å². The Morgan fingerprint density at radius 3 is 2.68 bits per heavy atom. The third kappa shape index (κ3) is 2.22. The Morgan fingerprint density at radius 1 is 1.16 bits per heavy atom. The minimum Gasteiger partial charge on any atom is -0.308 e. The average molecular weight is 340 g/mol. The zero-order valence-electron chi connectivity index (χ0n) is 13.4. The highest BCUT2D eigenvalue weighted by atomic mass is 19.1. The lowest BCUT2D eigenvalue weighted by Gasteiger charge is -2.22. The molecule has 8 heteroatoms. The summed E-state index contributed by atoms with van der Waals surface area (Å²) < 4.78 is 13.9. The monoisotopic (exact) mass is 340 g/mol. The molecule has 1 amide bonds. The van der Waals surface area contributed by atoms with Crippen LogP contribution in [0.5, 0.6) is 0 Å². The summed E-state index contributed by atoms with van der Waals surface area (Å²) in [6.45, 7) is 0. The van der Waals surface area contributed by atoms with Crippen molar-refractivity contribution in [2.24, 2.45) is 5.73 Å². The third-order valence-corrected chi connectivity index (χ3v) is 4.32. The van der Waals surface area contributed by atoms with Gasteiger partial charge in [-0.3, -0.25) is 10.5 Å². The van der Waals surface area contributed by atoms with Gasteiger partial charge in [0.25, 0.3) is 0 Å². The van der Waals surface area contributed by atoms with Crippen LogP contribution in [0.15, 0.2) is 48.5 Å². The maximum atomic E-state index is 13.9. The first-order chi connectivity index (χ1) is 12.0. The number of halogens is 1. The van der Waals surface area contributed by atoms with Crippen molar-refractivity contribution in [1.29, 1.82) is 0 Å². The number of fused-ring (bicyclic) bond motifs is 2. The number of hydrogen-bond donors (Lipinski definition) is 5. The van der Waals surface area contributed by atoms with Gasteiger partial charge in [0.05, 0.1) is 11.3 Å². The summed E-state index contributed by atoms with van der Waals surface area (Å²) in [6.07, 6.45) is 0. The van der Waals surface area contributed by atoms with E-state index in [1.807, 2.05) is 24.3 Å². The number of nitrogens with one attached hydrogen (secondary N) is 4. The molecule has 126 valence electrons. The molecule has 7 nitrogen and oxygen atoms in total. The van der Waals surface area contributed by atoms with E-state index >= 15 is 0 Å². The minimum atomic E-state index is -1.26. The molecule has 25 heavy (non-hydrogen) atoms. The molecule has 0 aromatic heterocycles. The van der Waals surface area contributed by atoms with Gasteiger partial charge in [0.15, 0.2) is 5.82 Å². The number of benzene rings is 2. The van der Waals surface area contributed by atoms with Gasteiger partial charge < -0.3 is 4.90 Å². The number of para-hydroxylation sites is 2. The summed E-state index contributed by atoms with van der Waals surface area (Å²) in [4.78, 5) is 20.6. The number of carbonyl (C=O) groups excluding carboxylic acids is 1. The fraction of sp³-hybridized carbons (Fsp3) is 0.118. The number of likely N-dealkylation sites (N-methyl/N-ethyl adjacent to an activating group) is 1. The fourth-order valence-electron chi connectivity index (χ4n) is 3.18. The van der Waals surface area contributed by atoms with E-state index in [9.17, 15) is 9.18 Å². The third-order valence-electron chi connectivity index (χ3n) is 4.32. The van der Waals surface area contributed by atoms with Crippen molar-refractivity contribution in [3.05, 3.63) is 59.9 Å². The van der Waals surface area contributed by atoms with E-state index in [-0.39, 0.29) is 17.6 Å². The van der Waals surface area contributed by atoms with Gasteiger partial charge in [-0.2, -0.15) is 5.32 Å². The van der Waals surface area contributed by atoms with Crippen molar-refractivity contribution in [1.82, 2.24) is 5.32 Å². The van der Waals surface area contributed by atoms with Crippen LogP contribution in [-0.2, 0) is 10.5 Å². The SMILES string of the molecule is CN1C(=O)[C@@]2([NH+]=C(N)NC(Nc3ccccc3F)=[NH+]2)c2ccccc21. The first-order valence-corrected chi connectivity index (χ1v) is 7.73. The number of rotatable bonds is 1. The second-order valence-electron chi connectivity index (χ2n) is 5.90. The highest BCUT2D eigenvalue weighted by Gasteiger charge is 2.55. The van der Waals surface area contributed by atoms with Crippen LogP contribution in [-0.4, -0.2) is 24.9 Å². The Labute approximate surface area is 143 Å². The molecular formula is C17H17FN6O+2. The van der Waals surface area contributed by atoms with Crippen LogP contribution < -0.4 is 31.3 Å².